The summed E-state index contributed by atoms with van der Waals surface area (Å²) in [5.41, 5.74) is -0.653. The van der Waals surface area contributed by atoms with Crippen LogP contribution in [-0.4, -0.2) is 23.5 Å². The first kappa shape index (κ1) is 18.4. The topological polar surface area (TPSA) is 77.5 Å². The predicted octanol–water partition coefficient (Wildman–Crippen LogP) is 4.01. The molecule has 0 saturated carbocycles. The van der Waals surface area contributed by atoms with Gasteiger partial charge in [-0.2, -0.15) is 0 Å². The fourth-order valence-corrected chi connectivity index (χ4v) is 4.04. The van der Waals surface area contributed by atoms with Gasteiger partial charge in [-0.25, -0.2) is 4.98 Å². The third-order valence-corrected chi connectivity index (χ3v) is 5.45. The highest BCUT2D eigenvalue weighted by Crippen LogP contribution is 2.49. The van der Waals surface area contributed by atoms with Crippen molar-refractivity contribution in [2.75, 3.05) is 11.9 Å². The van der Waals surface area contributed by atoms with Crippen molar-refractivity contribution in [3.8, 4) is 0 Å². The Morgan fingerprint density at radius 2 is 2.08 bits per heavy atom. The Bertz CT molecular complexity index is 807. The van der Waals surface area contributed by atoms with Gasteiger partial charge < -0.3 is 14.8 Å². The van der Waals surface area contributed by atoms with Gasteiger partial charge in [0.05, 0.1) is 12.3 Å². The van der Waals surface area contributed by atoms with E-state index in [4.69, 9.17) is 9.47 Å². The van der Waals surface area contributed by atoms with Crippen LogP contribution in [0.25, 0.3) is 0 Å². The monoisotopic (exact) mass is 374 g/mol. The molecule has 2 atom stereocenters. The van der Waals surface area contributed by atoms with Crippen molar-refractivity contribution in [3.05, 3.63) is 41.4 Å². The molecule has 1 fully saturated rings. The molecule has 6 nitrogen and oxygen atoms in total. The number of thiazole rings is 1. The summed E-state index contributed by atoms with van der Waals surface area (Å²) in [6.07, 6.45) is 0.558. The van der Waals surface area contributed by atoms with Gasteiger partial charge in [0.2, 0.25) is 0 Å². The summed E-state index contributed by atoms with van der Waals surface area (Å²) < 4.78 is 10.8. The van der Waals surface area contributed by atoms with Gasteiger partial charge in [0.25, 0.3) is 0 Å². The number of nitrogens with one attached hydrogen (secondary N) is 1. The third kappa shape index (κ3) is 3.19. The zero-order valence-electron chi connectivity index (χ0n) is 15.1. The van der Waals surface area contributed by atoms with E-state index in [-0.39, 0.29) is 13.0 Å². The number of rotatable bonds is 6. The Labute approximate surface area is 156 Å². The number of carbonyl (C=O) groups is 2. The van der Waals surface area contributed by atoms with Gasteiger partial charge in [0.1, 0.15) is 0 Å². The van der Waals surface area contributed by atoms with Crippen molar-refractivity contribution in [2.45, 2.75) is 39.2 Å². The highest BCUT2D eigenvalue weighted by Gasteiger charge is 2.60. The summed E-state index contributed by atoms with van der Waals surface area (Å²) in [4.78, 5) is 29.6. The van der Waals surface area contributed by atoms with Crippen LogP contribution >= 0.6 is 11.3 Å². The number of carbonyl (C=O) groups excluding carboxylic acids is 2. The maximum Gasteiger partial charge on any atom is 0.324 e. The Kier molecular flexibility index (Phi) is 5.00. The van der Waals surface area contributed by atoms with E-state index in [1.807, 2.05) is 35.7 Å². The molecule has 1 N–H and O–H groups in total. The Balaban J connectivity index is 1.83. The second-order valence-electron chi connectivity index (χ2n) is 6.48. The van der Waals surface area contributed by atoms with Gasteiger partial charge in [-0.15, -0.1) is 11.3 Å². The predicted molar refractivity (Wildman–Crippen MR) is 99.3 cm³/mol. The first-order chi connectivity index (χ1) is 12.4. The van der Waals surface area contributed by atoms with E-state index in [0.717, 1.165) is 5.69 Å². The number of benzene rings is 1. The number of nitrogens with zero attached hydrogens (tertiary/aromatic N) is 1. The van der Waals surface area contributed by atoms with Crippen molar-refractivity contribution < 1.29 is 19.1 Å². The maximum absolute atomic E-state index is 12.6. The van der Waals surface area contributed by atoms with E-state index in [1.165, 1.54) is 11.3 Å². The Hall–Kier alpha value is -2.41. The van der Waals surface area contributed by atoms with Gasteiger partial charge >= 0.3 is 11.9 Å². The van der Waals surface area contributed by atoms with Gasteiger partial charge in [-0.05, 0) is 32.4 Å². The molecule has 0 bridgehead atoms. The molecule has 1 aliphatic heterocycles. The molecule has 0 unspecified atom stereocenters. The lowest BCUT2D eigenvalue weighted by atomic mass is 9.78. The summed E-state index contributed by atoms with van der Waals surface area (Å²) in [5, 5.41) is 5.79. The van der Waals surface area contributed by atoms with E-state index in [2.05, 4.69) is 10.3 Å². The summed E-state index contributed by atoms with van der Waals surface area (Å²) in [6.45, 7) is 5.55. The van der Waals surface area contributed by atoms with Gasteiger partial charge in [0, 0.05) is 17.5 Å². The van der Waals surface area contributed by atoms with E-state index in [0.29, 0.717) is 17.2 Å². The van der Waals surface area contributed by atoms with Gasteiger partial charge in [0.15, 0.2) is 16.1 Å². The number of anilines is 2. The van der Waals surface area contributed by atoms with E-state index >= 15 is 0 Å². The van der Waals surface area contributed by atoms with E-state index < -0.39 is 23.0 Å². The molecule has 0 spiro atoms. The van der Waals surface area contributed by atoms with Crippen molar-refractivity contribution in [2.24, 2.45) is 5.41 Å². The number of cyclic esters (lactones) is 1. The molecular weight excluding hydrogens is 352 g/mol. The number of esters is 2. The van der Waals surface area contributed by atoms with Crippen LogP contribution in [0.15, 0.2) is 35.7 Å². The van der Waals surface area contributed by atoms with Crippen LogP contribution in [0.5, 0.6) is 0 Å². The highest BCUT2D eigenvalue weighted by molar-refractivity contribution is 7.13. The molecule has 0 radical (unpaired) electrons. The summed E-state index contributed by atoms with van der Waals surface area (Å²) in [7, 11) is 0. The van der Waals surface area contributed by atoms with Crippen molar-refractivity contribution >= 4 is 34.1 Å². The van der Waals surface area contributed by atoms with Crippen molar-refractivity contribution in [1.29, 1.82) is 0 Å². The van der Waals surface area contributed by atoms with Crippen LogP contribution in [-0.2, 0) is 24.7 Å². The summed E-state index contributed by atoms with van der Waals surface area (Å²) in [5.74, 6) is -1.05. The Morgan fingerprint density at radius 3 is 2.73 bits per heavy atom. The SMILES string of the molecule is CCOC(=O)[C@@]1(CC)C[C@@](C)(c2csc(Nc3ccccc3)n2)OC1=O. The molecule has 2 aromatic rings. The molecule has 26 heavy (non-hydrogen) atoms. The molecule has 3 rings (SSSR count). The lowest BCUT2D eigenvalue weighted by Crippen LogP contribution is -2.37. The molecule has 2 heterocycles. The van der Waals surface area contributed by atoms with E-state index in [9.17, 15) is 9.59 Å². The molecule has 7 heteroatoms. The minimum Gasteiger partial charge on any atom is -0.465 e. The number of para-hydroxylation sites is 1. The number of hydrogen-bond acceptors (Lipinski definition) is 7. The second kappa shape index (κ2) is 7.07. The highest BCUT2D eigenvalue weighted by atomic mass is 32.1. The van der Waals surface area contributed by atoms with E-state index in [1.54, 1.807) is 20.8 Å². The summed E-state index contributed by atoms with van der Waals surface area (Å²) in [6, 6.07) is 9.71. The standard InChI is InChI=1S/C19H22N2O4S/c1-4-19(15(22)24-5-2)12-18(3,25-16(19)23)14-11-26-17(21-14)20-13-9-7-6-8-10-13/h6-11H,4-5,12H2,1-3H3,(H,20,21)/t18-,19+/m0/s1. The zero-order chi connectivity index (χ0) is 18.8. The summed E-state index contributed by atoms with van der Waals surface area (Å²) >= 11 is 1.43. The van der Waals surface area contributed by atoms with Crippen LogP contribution < -0.4 is 5.32 Å². The molecule has 1 saturated heterocycles. The van der Waals surface area contributed by atoms with Crippen molar-refractivity contribution in [3.63, 3.8) is 0 Å². The molecular formula is C19H22N2O4S. The largest absolute Gasteiger partial charge is 0.465 e. The van der Waals surface area contributed by atoms with Crippen LogP contribution in [0.2, 0.25) is 0 Å². The first-order valence-corrected chi connectivity index (χ1v) is 9.50. The molecule has 0 aliphatic carbocycles. The second-order valence-corrected chi connectivity index (χ2v) is 7.34. The maximum atomic E-state index is 12.6. The molecule has 1 aliphatic rings. The molecule has 1 aromatic heterocycles. The molecule has 1 aromatic carbocycles. The lowest BCUT2D eigenvalue weighted by molar-refractivity contribution is -0.166. The van der Waals surface area contributed by atoms with Crippen LogP contribution in [0.4, 0.5) is 10.8 Å². The van der Waals surface area contributed by atoms with Crippen LogP contribution in [0.3, 0.4) is 0 Å². The normalized spacial score (nSPS) is 25.0. The lowest BCUT2D eigenvalue weighted by Gasteiger charge is -2.23. The first-order valence-electron chi connectivity index (χ1n) is 8.62. The number of ether oxygens (including phenoxy) is 2. The van der Waals surface area contributed by atoms with Crippen molar-refractivity contribution in [1.82, 2.24) is 4.98 Å². The van der Waals surface area contributed by atoms with Gasteiger partial charge in [-0.1, -0.05) is 25.1 Å². The van der Waals surface area contributed by atoms with Gasteiger partial charge in [-0.3, -0.25) is 9.59 Å². The quantitative estimate of drug-likeness (QED) is 0.608. The third-order valence-electron chi connectivity index (χ3n) is 4.69. The average molecular weight is 374 g/mol. The minimum atomic E-state index is -1.26. The Morgan fingerprint density at radius 1 is 1.35 bits per heavy atom. The zero-order valence-corrected chi connectivity index (χ0v) is 15.9. The fourth-order valence-electron chi connectivity index (χ4n) is 3.19. The number of hydrogen-bond donors (Lipinski definition) is 1. The van der Waals surface area contributed by atoms with Crippen LogP contribution in [0, 0.1) is 5.41 Å². The fraction of sp³-hybridized carbons (Fsp3) is 0.421. The smallest absolute Gasteiger partial charge is 0.324 e. The van der Waals surface area contributed by atoms with Crippen LogP contribution in [0.1, 0.15) is 39.3 Å². The molecule has 0 amide bonds. The minimum absolute atomic E-state index is 0.225. The number of aromatic nitrogens is 1. The average Bonchev–Trinajstić information content (AvgIpc) is 3.20. The molecule has 138 valence electrons.